The number of hydrogen-bond acceptors (Lipinski definition) is 5. The Morgan fingerprint density at radius 2 is 2.00 bits per heavy atom. The van der Waals surface area contributed by atoms with Crippen LogP contribution in [-0.2, 0) is 16.6 Å². The predicted molar refractivity (Wildman–Crippen MR) is 88.4 cm³/mol. The lowest BCUT2D eigenvalue weighted by atomic mass is 10.1. The van der Waals surface area contributed by atoms with Gasteiger partial charge in [-0.1, -0.05) is 0 Å². The van der Waals surface area contributed by atoms with E-state index in [1.807, 2.05) is 19.1 Å². The van der Waals surface area contributed by atoms with Gasteiger partial charge in [-0.05, 0) is 31.7 Å². The molecule has 2 rings (SSSR count). The van der Waals surface area contributed by atoms with Crippen molar-refractivity contribution in [2.45, 2.75) is 13.5 Å². The summed E-state index contributed by atoms with van der Waals surface area (Å²) < 4.78 is 38.2. The van der Waals surface area contributed by atoms with Crippen molar-refractivity contribution in [2.24, 2.45) is 0 Å². The number of imidazole rings is 1. The summed E-state index contributed by atoms with van der Waals surface area (Å²) in [6, 6.07) is 3.81. The van der Waals surface area contributed by atoms with E-state index in [2.05, 4.69) is 9.71 Å². The third kappa shape index (κ3) is 3.83. The summed E-state index contributed by atoms with van der Waals surface area (Å²) in [4.78, 5) is 4.35. The Hall–Kier alpha value is -2.06. The molecule has 0 unspecified atom stereocenters. The fourth-order valence-electron chi connectivity index (χ4n) is 2.32. The number of nitrogens with one attached hydrogen (secondary N) is 1. The van der Waals surface area contributed by atoms with E-state index in [9.17, 15) is 8.42 Å². The molecular formula is C15H21N3O4S. The van der Waals surface area contributed by atoms with Crippen molar-refractivity contribution in [3.05, 3.63) is 30.1 Å². The van der Waals surface area contributed by atoms with Gasteiger partial charge in [0.15, 0.2) is 11.5 Å². The maximum Gasteiger partial charge on any atom is 0.213 e. The zero-order valence-corrected chi connectivity index (χ0v) is 14.5. The number of rotatable bonds is 7. The average molecular weight is 339 g/mol. The van der Waals surface area contributed by atoms with Crippen molar-refractivity contribution in [1.29, 1.82) is 0 Å². The van der Waals surface area contributed by atoms with Gasteiger partial charge >= 0.3 is 0 Å². The molecule has 1 N–H and O–H groups in total. The van der Waals surface area contributed by atoms with Gasteiger partial charge in [0.05, 0.1) is 25.5 Å². The summed E-state index contributed by atoms with van der Waals surface area (Å²) >= 11 is 0. The van der Waals surface area contributed by atoms with Crippen molar-refractivity contribution < 1.29 is 17.9 Å². The molecule has 23 heavy (non-hydrogen) atoms. The topological polar surface area (TPSA) is 82.5 Å². The fraction of sp³-hybridized carbons (Fsp3) is 0.400. The average Bonchev–Trinajstić information content (AvgIpc) is 3.00. The summed E-state index contributed by atoms with van der Waals surface area (Å²) in [7, 11) is 1.26. The Kier molecular flexibility index (Phi) is 5.27. The van der Waals surface area contributed by atoms with Crippen LogP contribution in [0.3, 0.4) is 0 Å². The van der Waals surface area contributed by atoms with Crippen molar-refractivity contribution in [3.63, 3.8) is 0 Å². The molecule has 0 aliphatic heterocycles. The van der Waals surface area contributed by atoms with Crippen LogP contribution in [0.25, 0.3) is 11.4 Å². The van der Waals surface area contributed by atoms with Gasteiger partial charge in [0.2, 0.25) is 10.0 Å². The molecule has 7 nitrogen and oxygen atoms in total. The van der Waals surface area contributed by atoms with Gasteiger partial charge in [0.1, 0.15) is 5.82 Å². The van der Waals surface area contributed by atoms with E-state index in [4.69, 9.17) is 9.47 Å². The minimum absolute atomic E-state index is 0.0296. The van der Waals surface area contributed by atoms with Gasteiger partial charge in [-0.3, -0.25) is 0 Å². The fourth-order valence-corrected chi connectivity index (χ4v) is 2.96. The summed E-state index contributed by atoms with van der Waals surface area (Å²) in [6.07, 6.45) is 3.38. The first-order chi connectivity index (χ1) is 10.9. The Labute approximate surface area is 136 Å². The van der Waals surface area contributed by atoms with Crippen LogP contribution in [-0.4, -0.2) is 45.0 Å². The maximum atomic E-state index is 11.6. The second-order valence-electron chi connectivity index (χ2n) is 5.02. The molecule has 1 aromatic carbocycles. The van der Waals surface area contributed by atoms with Crippen LogP contribution in [0, 0.1) is 6.92 Å². The molecule has 0 radical (unpaired) electrons. The molecule has 1 heterocycles. The van der Waals surface area contributed by atoms with Crippen molar-refractivity contribution in [2.75, 3.05) is 27.0 Å². The second-order valence-corrected chi connectivity index (χ2v) is 7.06. The zero-order chi connectivity index (χ0) is 17.0. The SMILES string of the molecule is CNS(=O)(=O)CCn1ccnc1-c1cc(C)cc(OC)c1OC. The predicted octanol–water partition coefficient (Wildman–Crippen LogP) is 1.42. The third-order valence-electron chi connectivity index (χ3n) is 3.49. The van der Waals surface area contributed by atoms with E-state index in [1.165, 1.54) is 7.05 Å². The smallest absolute Gasteiger partial charge is 0.213 e. The molecule has 0 amide bonds. The van der Waals surface area contributed by atoms with Gasteiger partial charge in [-0.25, -0.2) is 18.1 Å². The highest BCUT2D eigenvalue weighted by atomic mass is 32.2. The lowest BCUT2D eigenvalue weighted by Gasteiger charge is -2.15. The number of nitrogens with zero attached hydrogens (tertiary/aromatic N) is 2. The van der Waals surface area contributed by atoms with Gasteiger partial charge in [0.25, 0.3) is 0 Å². The van der Waals surface area contributed by atoms with Crippen LogP contribution in [0.1, 0.15) is 5.56 Å². The molecule has 1 aromatic heterocycles. The molecule has 126 valence electrons. The molecule has 8 heteroatoms. The van der Waals surface area contributed by atoms with E-state index in [0.29, 0.717) is 17.3 Å². The first-order valence-corrected chi connectivity index (χ1v) is 8.72. The van der Waals surface area contributed by atoms with Crippen LogP contribution in [0.2, 0.25) is 0 Å². The van der Waals surface area contributed by atoms with Crippen LogP contribution in [0.15, 0.2) is 24.5 Å². The maximum absolute atomic E-state index is 11.6. The van der Waals surface area contributed by atoms with E-state index in [1.54, 1.807) is 31.2 Å². The molecule has 0 saturated carbocycles. The normalized spacial score (nSPS) is 11.5. The monoisotopic (exact) mass is 339 g/mol. The number of aromatic nitrogens is 2. The van der Waals surface area contributed by atoms with E-state index < -0.39 is 10.0 Å². The van der Waals surface area contributed by atoms with Crippen molar-refractivity contribution in [3.8, 4) is 22.9 Å². The second kappa shape index (κ2) is 7.01. The Morgan fingerprint density at radius 3 is 2.61 bits per heavy atom. The zero-order valence-electron chi connectivity index (χ0n) is 13.7. The number of benzene rings is 1. The van der Waals surface area contributed by atoms with Crippen LogP contribution in [0.4, 0.5) is 0 Å². The van der Waals surface area contributed by atoms with Gasteiger partial charge < -0.3 is 14.0 Å². The number of sulfonamides is 1. The number of aryl methyl sites for hydroxylation is 2. The minimum Gasteiger partial charge on any atom is -0.493 e. The van der Waals surface area contributed by atoms with Crippen LogP contribution < -0.4 is 14.2 Å². The molecule has 0 fully saturated rings. The minimum atomic E-state index is -3.29. The summed E-state index contributed by atoms with van der Waals surface area (Å²) in [5, 5.41) is 0. The largest absolute Gasteiger partial charge is 0.493 e. The Morgan fingerprint density at radius 1 is 1.26 bits per heavy atom. The Balaban J connectivity index is 2.44. The standard InChI is InChI=1S/C15H21N3O4S/c1-11-9-12(14(22-4)13(10-11)21-3)15-17-5-6-18(15)7-8-23(19,20)16-2/h5-6,9-10,16H,7-8H2,1-4H3. The number of hydrogen-bond donors (Lipinski definition) is 1. The first-order valence-electron chi connectivity index (χ1n) is 7.07. The highest BCUT2D eigenvalue weighted by Gasteiger charge is 2.18. The molecule has 0 spiro atoms. The molecule has 0 saturated heterocycles. The van der Waals surface area contributed by atoms with Crippen LogP contribution >= 0.6 is 0 Å². The van der Waals surface area contributed by atoms with Gasteiger partial charge in [-0.15, -0.1) is 0 Å². The first kappa shape index (κ1) is 17.3. The van der Waals surface area contributed by atoms with E-state index >= 15 is 0 Å². The lowest BCUT2D eigenvalue weighted by molar-refractivity contribution is 0.355. The summed E-state index contributed by atoms with van der Waals surface area (Å²) in [6.45, 7) is 2.24. The number of methoxy groups -OCH3 is 2. The highest BCUT2D eigenvalue weighted by molar-refractivity contribution is 7.89. The van der Waals surface area contributed by atoms with E-state index in [0.717, 1.165) is 11.1 Å². The number of ether oxygens (including phenoxy) is 2. The highest BCUT2D eigenvalue weighted by Crippen LogP contribution is 2.38. The third-order valence-corrected chi connectivity index (χ3v) is 4.83. The van der Waals surface area contributed by atoms with Gasteiger partial charge in [-0.2, -0.15) is 0 Å². The molecule has 0 aliphatic carbocycles. The quantitative estimate of drug-likeness (QED) is 0.825. The molecule has 2 aromatic rings. The van der Waals surface area contributed by atoms with Crippen LogP contribution in [0.5, 0.6) is 11.5 Å². The van der Waals surface area contributed by atoms with E-state index in [-0.39, 0.29) is 12.3 Å². The molecule has 0 atom stereocenters. The van der Waals surface area contributed by atoms with Gasteiger partial charge in [0, 0.05) is 18.9 Å². The summed E-state index contributed by atoms with van der Waals surface area (Å²) in [5.74, 6) is 1.79. The van der Waals surface area contributed by atoms with Crippen molar-refractivity contribution in [1.82, 2.24) is 14.3 Å². The van der Waals surface area contributed by atoms with Crippen molar-refractivity contribution >= 4 is 10.0 Å². The Bertz CT molecular complexity index is 784. The lowest BCUT2D eigenvalue weighted by Crippen LogP contribution is -2.24. The molecular weight excluding hydrogens is 318 g/mol. The molecule has 0 bridgehead atoms. The summed E-state index contributed by atoms with van der Waals surface area (Å²) in [5.41, 5.74) is 1.76. The molecule has 0 aliphatic rings.